The first-order valence-corrected chi connectivity index (χ1v) is 13.6. The maximum Gasteiger partial charge on any atom is 0.229 e. The summed E-state index contributed by atoms with van der Waals surface area (Å²) in [5, 5.41) is 8.96. The van der Waals surface area contributed by atoms with E-state index in [0.29, 0.717) is 23.0 Å². The van der Waals surface area contributed by atoms with E-state index in [1.54, 1.807) is 30.3 Å². The van der Waals surface area contributed by atoms with Crippen LogP contribution in [0.5, 0.6) is 0 Å². The molecule has 0 aliphatic carbocycles. The average molecular weight is 499 g/mol. The van der Waals surface area contributed by atoms with Gasteiger partial charge in [0.15, 0.2) is 16.8 Å². The largest absolute Gasteiger partial charge is 0.298 e. The molecule has 1 N–H and O–H groups in total. The van der Waals surface area contributed by atoms with Crippen LogP contribution in [0.4, 0.5) is 5.69 Å². The van der Waals surface area contributed by atoms with Gasteiger partial charge in [-0.1, -0.05) is 62.9 Å². The van der Waals surface area contributed by atoms with Crippen molar-refractivity contribution in [2.45, 2.75) is 50.1 Å². The molecule has 3 aromatic rings. The topological polar surface area (TPSA) is 94.0 Å². The Kier molecular flexibility index (Phi) is 7.67. The molecule has 7 nitrogen and oxygen atoms in total. The van der Waals surface area contributed by atoms with Crippen LogP contribution in [0, 0.1) is 0 Å². The van der Waals surface area contributed by atoms with Crippen molar-refractivity contribution >= 4 is 33.3 Å². The smallest absolute Gasteiger partial charge is 0.229 e. The molecule has 1 aromatic heterocycles. The normalized spacial score (nSPS) is 12.9. The minimum atomic E-state index is -3.37. The van der Waals surface area contributed by atoms with E-state index in [2.05, 4.69) is 54.4 Å². The molecule has 9 heteroatoms. The van der Waals surface area contributed by atoms with Crippen LogP contribution >= 0.6 is 11.8 Å². The van der Waals surface area contributed by atoms with Gasteiger partial charge in [-0.15, -0.1) is 16.8 Å². The number of ketones is 1. The zero-order valence-corrected chi connectivity index (χ0v) is 21.7. The second-order valence-electron chi connectivity index (χ2n) is 9.11. The van der Waals surface area contributed by atoms with E-state index in [4.69, 9.17) is 0 Å². The molecule has 1 unspecified atom stereocenters. The Labute approximate surface area is 205 Å². The van der Waals surface area contributed by atoms with Crippen LogP contribution in [0.15, 0.2) is 66.3 Å². The molecule has 0 bridgehead atoms. The highest BCUT2D eigenvalue weighted by atomic mass is 32.2. The number of sulfonamides is 1. The zero-order valence-electron chi connectivity index (χ0n) is 20.1. The van der Waals surface area contributed by atoms with Crippen LogP contribution in [-0.2, 0) is 22.0 Å². The van der Waals surface area contributed by atoms with Crippen molar-refractivity contribution in [3.8, 4) is 11.4 Å². The summed E-state index contributed by atoms with van der Waals surface area (Å²) in [7, 11) is -3.37. The molecular formula is C25H30N4O3S2. The number of aromatic nitrogens is 3. The number of Topliss-reactive ketones (excluding diaryl/α,β-unsaturated/α-hetero) is 1. The molecule has 1 heterocycles. The molecule has 1 atom stereocenters. The van der Waals surface area contributed by atoms with Crippen molar-refractivity contribution in [2.24, 2.45) is 0 Å². The number of rotatable bonds is 9. The molecular weight excluding hydrogens is 468 g/mol. The SMILES string of the molecule is C=CCn1c(SC(C)C(=O)c2ccc(NS(C)(=O)=O)cc2)nnc1-c1ccc(C(C)(C)C)cc1. The number of allylic oxidation sites excluding steroid dienone is 1. The van der Waals surface area contributed by atoms with E-state index in [1.807, 2.05) is 23.6 Å². The summed E-state index contributed by atoms with van der Waals surface area (Å²) >= 11 is 1.33. The van der Waals surface area contributed by atoms with Crippen molar-refractivity contribution in [3.05, 3.63) is 72.3 Å². The van der Waals surface area contributed by atoms with Gasteiger partial charge in [0, 0.05) is 23.4 Å². The predicted octanol–water partition coefficient (Wildman–Crippen LogP) is 5.16. The van der Waals surface area contributed by atoms with E-state index in [-0.39, 0.29) is 11.2 Å². The Morgan fingerprint density at radius 2 is 1.74 bits per heavy atom. The lowest BCUT2D eigenvalue weighted by Gasteiger charge is -2.19. The average Bonchev–Trinajstić information content (AvgIpc) is 3.14. The van der Waals surface area contributed by atoms with Gasteiger partial charge >= 0.3 is 0 Å². The molecule has 0 aliphatic rings. The number of anilines is 1. The number of carbonyl (C=O) groups excluding carboxylic acids is 1. The van der Waals surface area contributed by atoms with Gasteiger partial charge in [0.25, 0.3) is 0 Å². The van der Waals surface area contributed by atoms with Gasteiger partial charge in [-0.2, -0.15) is 0 Å². The maximum atomic E-state index is 13.0. The van der Waals surface area contributed by atoms with Crippen molar-refractivity contribution in [1.29, 1.82) is 0 Å². The number of thioether (sulfide) groups is 1. The lowest BCUT2D eigenvalue weighted by atomic mass is 9.87. The van der Waals surface area contributed by atoms with Crippen LogP contribution in [0.3, 0.4) is 0 Å². The highest BCUT2D eigenvalue weighted by Crippen LogP contribution is 2.30. The minimum Gasteiger partial charge on any atom is -0.298 e. The van der Waals surface area contributed by atoms with Gasteiger partial charge < -0.3 is 0 Å². The summed E-state index contributed by atoms with van der Waals surface area (Å²) in [6.07, 6.45) is 2.86. The Bertz CT molecular complexity index is 1270. The standard InChI is InChI=1S/C25H30N4O3S2/c1-7-16-29-23(19-8-12-20(13-9-19)25(3,4)5)26-27-24(29)33-17(2)22(30)18-10-14-21(15-11-18)28-34(6,31)32/h7-15,17,28H,1,16H2,2-6H3. The Hall–Kier alpha value is -2.91. The van der Waals surface area contributed by atoms with Gasteiger partial charge in [-0.3, -0.25) is 14.1 Å². The molecule has 0 saturated heterocycles. The van der Waals surface area contributed by atoms with Gasteiger partial charge in [0.2, 0.25) is 10.0 Å². The molecule has 34 heavy (non-hydrogen) atoms. The molecule has 3 rings (SSSR count). The fourth-order valence-corrected chi connectivity index (χ4v) is 4.87. The summed E-state index contributed by atoms with van der Waals surface area (Å²) in [4.78, 5) is 13.0. The van der Waals surface area contributed by atoms with Crippen molar-refractivity contribution in [1.82, 2.24) is 14.8 Å². The summed E-state index contributed by atoms with van der Waals surface area (Å²) in [6.45, 7) is 12.7. The van der Waals surface area contributed by atoms with Crippen molar-refractivity contribution in [2.75, 3.05) is 11.0 Å². The molecule has 0 spiro atoms. The lowest BCUT2D eigenvalue weighted by Crippen LogP contribution is -2.15. The second kappa shape index (κ2) is 10.1. The predicted molar refractivity (Wildman–Crippen MR) is 139 cm³/mol. The summed E-state index contributed by atoms with van der Waals surface area (Å²) < 4.78 is 27.1. The van der Waals surface area contributed by atoms with Crippen LogP contribution < -0.4 is 4.72 Å². The van der Waals surface area contributed by atoms with E-state index in [1.165, 1.54) is 17.3 Å². The third-order valence-electron chi connectivity index (χ3n) is 5.16. The van der Waals surface area contributed by atoms with E-state index in [0.717, 1.165) is 17.6 Å². The number of hydrogen-bond donors (Lipinski definition) is 1. The number of benzene rings is 2. The third kappa shape index (κ3) is 6.36. The number of carbonyl (C=O) groups is 1. The first-order valence-electron chi connectivity index (χ1n) is 10.8. The lowest BCUT2D eigenvalue weighted by molar-refractivity contribution is 0.0994. The monoisotopic (exact) mass is 498 g/mol. The summed E-state index contributed by atoms with van der Waals surface area (Å²) in [6, 6.07) is 14.7. The minimum absolute atomic E-state index is 0.0587. The van der Waals surface area contributed by atoms with Crippen molar-refractivity contribution in [3.63, 3.8) is 0 Å². The zero-order chi connectivity index (χ0) is 25.1. The Morgan fingerprint density at radius 1 is 1.12 bits per heavy atom. The van der Waals surface area contributed by atoms with Gasteiger partial charge in [0.1, 0.15) is 0 Å². The van der Waals surface area contributed by atoms with Gasteiger partial charge in [-0.05, 0) is 42.2 Å². The summed E-state index contributed by atoms with van der Waals surface area (Å²) in [5.41, 5.74) is 3.14. The molecule has 2 aromatic carbocycles. The fraction of sp³-hybridized carbons (Fsp3) is 0.320. The molecule has 0 aliphatic heterocycles. The number of hydrogen-bond acceptors (Lipinski definition) is 6. The van der Waals surface area contributed by atoms with Gasteiger partial charge in [0.05, 0.1) is 11.5 Å². The number of nitrogens with one attached hydrogen (secondary N) is 1. The molecule has 0 amide bonds. The second-order valence-corrected chi connectivity index (χ2v) is 12.2. The highest BCUT2D eigenvalue weighted by molar-refractivity contribution is 8.00. The molecule has 0 fully saturated rings. The van der Waals surface area contributed by atoms with Crippen LogP contribution in [-0.4, -0.2) is 40.5 Å². The fourth-order valence-electron chi connectivity index (χ4n) is 3.37. The Morgan fingerprint density at radius 3 is 2.26 bits per heavy atom. The first-order chi connectivity index (χ1) is 15.9. The first kappa shape index (κ1) is 25.7. The molecule has 180 valence electrons. The molecule has 0 radical (unpaired) electrons. The molecule has 0 saturated carbocycles. The Balaban J connectivity index is 1.80. The summed E-state index contributed by atoms with van der Waals surface area (Å²) in [5.74, 6) is 0.638. The quantitative estimate of drug-likeness (QED) is 0.249. The van der Waals surface area contributed by atoms with Crippen LogP contribution in [0.25, 0.3) is 11.4 Å². The third-order valence-corrected chi connectivity index (χ3v) is 6.85. The van der Waals surface area contributed by atoms with E-state index < -0.39 is 15.3 Å². The van der Waals surface area contributed by atoms with Crippen molar-refractivity contribution < 1.29 is 13.2 Å². The van der Waals surface area contributed by atoms with E-state index in [9.17, 15) is 13.2 Å². The van der Waals surface area contributed by atoms with E-state index >= 15 is 0 Å². The number of nitrogens with zero attached hydrogens (tertiary/aromatic N) is 3. The maximum absolute atomic E-state index is 13.0. The highest BCUT2D eigenvalue weighted by Gasteiger charge is 2.22. The van der Waals surface area contributed by atoms with Gasteiger partial charge in [-0.25, -0.2) is 8.42 Å². The van der Waals surface area contributed by atoms with Crippen LogP contribution in [0.2, 0.25) is 0 Å². The van der Waals surface area contributed by atoms with Crippen LogP contribution in [0.1, 0.15) is 43.6 Å².